The first-order valence-electron chi connectivity index (χ1n) is 6.22. The van der Waals surface area contributed by atoms with Gasteiger partial charge < -0.3 is 20.2 Å². The molecule has 1 fully saturated rings. The summed E-state index contributed by atoms with van der Waals surface area (Å²) in [6.07, 6.45) is 2.47. The van der Waals surface area contributed by atoms with Gasteiger partial charge in [0.05, 0.1) is 0 Å². The van der Waals surface area contributed by atoms with Crippen molar-refractivity contribution in [2.24, 2.45) is 0 Å². The van der Waals surface area contributed by atoms with Crippen LogP contribution in [0, 0.1) is 0 Å². The summed E-state index contributed by atoms with van der Waals surface area (Å²) in [5.74, 6) is -1.02. The van der Waals surface area contributed by atoms with Crippen LogP contribution in [-0.4, -0.2) is 65.7 Å². The summed E-state index contributed by atoms with van der Waals surface area (Å²) in [4.78, 5) is 26.2. The van der Waals surface area contributed by atoms with Crippen LogP contribution in [0.4, 0.5) is 4.79 Å². The van der Waals surface area contributed by atoms with E-state index in [1.807, 2.05) is 7.05 Å². The van der Waals surface area contributed by atoms with Gasteiger partial charge in [-0.25, -0.2) is 9.59 Å². The van der Waals surface area contributed by atoms with Gasteiger partial charge in [0.1, 0.15) is 5.54 Å². The van der Waals surface area contributed by atoms with Crippen LogP contribution in [0.3, 0.4) is 0 Å². The molecule has 0 aromatic carbocycles. The molecule has 0 heterocycles. The Bertz CT molecular complexity index is 327. The lowest BCUT2D eigenvalue weighted by Crippen LogP contribution is -2.54. The minimum atomic E-state index is -1.20. The fourth-order valence-electron chi connectivity index (χ4n) is 1.55. The number of hydrogen-bond donors (Lipinski definition) is 2. The van der Waals surface area contributed by atoms with E-state index in [1.54, 1.807) is 0 Å². The number of aliphatic carboxylic acids is 1. The fourth-order valence-corrected chi connectivity index (χ4v) is 1.55. The first-order chi connectivity index (χ1) is 8.26. The van der Waals surface area contributed by atoms with Gasteiger partial charge in [-0.15, -0.1) is 0 Å². The van der Waals surface area contributed by atoms with E-state index in [2.05, 4.69) is 10.2 Å². The second-order valence-corrected chi connectivity index (χ2v) is 5.37. The van der Waals surface area contributed by atoms with E-state index in [1.165, 1.54) is 38.6 Å². The zero-order valence-corrected chi connectivity index (χ0v) is 11.6. The quantitative estimate of drug-likeness (QED) is 0.730. The van der Waals surface area contributed by atoms with E-state index in [0.717, 1.165) is 6.54 Å². The van der Waals surface area contributed by atoms with Gasteiger partial charge in [0, 0.05) is 26.2 Å². The maximum atomic E-state index is 11.8. The Kier molecular flexibility index (Phi) is 4.56. The van der Waals surface area contributed by atoms with Crippen LogP contribution in [-0.2, 0) is 4.79 Å². The number of nitrogens with zero attached hydrogens (tertiary/aromatic N) is 2. The highest BCUT2D eigenvalue weighted by Gasteiger charge is 2.35. The summed E-state index contributed by atoms with van der Waals surface area (Å²) >= 11 is 0. The van der Waals surface area contributed by atoms with Crippen LogP contribution in [0.25, 0.3) is 0 Å². The maximum absolute atomic E-state index is 11.8. The van der Waals surface area contributed by atoms with Crippen LogP contribution < -0.4 is 5.32 Å². The average molecular weight is 257 g/mol. The number of nitrogens with one attached hydrogen (secondary N) is 1. The van der Waals surface area contributed by atoms with Gasteiger partial charge in [-0.1, -0.05) is 0 Å². The lowest BCUT2D eigenvalue weighted by Gasteiger charge is -2.31. The standard InChI is InChI=1S/C12H23N3O3/c1-12(2,10(16)17)15(4)11(18)13-7-8-14(3)9-5-6-9/h9H,5-8H2,1-4H3,(H,13,18)(H,16,17). The summed E-state index contributed by atoms with van der Waals surface area (Å²) in [5, 5.41) is 11.8. The van der Waals surface area contributed by atoms with Gasteiger partial charge in [-0.3, -0.25) is 0 Å². The van der Waals surface area contributed by atoms with E-state index in [9.17, 15) is 9.59 Å². The SMILES string of the molecule is CN(CCNC(=O)N(C)C(C)(C)C(=O)O)C1CC1. The molecule has 0 aliphatic heterocycles. The topological polar surface area (TPSA) is 72.9 Å². The van der Waals surface area contributed by atoms with Crippen molar-refractivity contribution in [2.75, 3.05) is 27.2 Å². The molecule has 0 aromatic heterocycles. The molecule has 18 heavy (non-hydrogen) atoms. The van der Waals surface area contributed by atoms with Gasteiger partial charge in [-0.2, -0.15) is 0 Å². The number of amides is 2. The number of carbonyl (C=O) groups is 2. The van der Waals surface area contributed by atoms with Crippen molar-refractivity contribution in [3.05, 3.63) is 0 Å². The van der Waals surface area contributed by atoms with Crippen LogP contribution in [0.5, 0.6) is 0 Å². The molecule has 6 nitrogen and oxygen atoms in total. The second-order valence-electron chi connectivity index (χ2n) is 5.37. The molecule has 0 unspecified atom stereocenters. The Morgan fingerprint density at radius 3 is 2.33 bits per heavy atom. The molecule has 1 rings (SSSR count). The Morgan fingerprint density at radius 2 is 1.89 bits per heavy atom. The second kappa shape index (κ2) is 5.56. The van der Waals surface area contributed by atoms with Gasteiger partial charge >= 0.3 is 12.0 Å². The van der Waals surface area contributed by atoms with Crippen LogP contribution in [0.2, 0.25) is 0 Å². The normalized spacial score (nSPS) is 15.6. The van der Waals surface area contributed by atoms with Gasteiger partial charge in [0.25, 0.3) is 0 Å². The van der Waals surface area contributed by atoms with E-state index >= 15 is 0 Å². The lowest BCUT2D eigenvalue weighted by atomic mass is 10.1. The van der Waals surface area contributed by atoms with Crippen molar-refractivity contribution in [1.29, 1.82) is 0 Å². The maximum Gasteiger partial charge on any atom is 0.329 e. The molecule has 2 amide bonds. The molecular weight excluding hydrogens is 234 g/mol. The Morgan fingerprint density at radius 1 is 1.33 bits per heavy atom. The van der Waals surface area contributed by atoms with Crippen LogP contribution in [0.1, 0.15) is 26.7 Å². The molecule has 0 aromatic rings. The molecule has 1 aliphatic carbocycles. The summed E-state index contributed by atoms with van der Waals surface area (Å²) < 4.78 is 0. The van der Waals surface area contributed by atoms with Gasteiger partial charge in [-0.05, 0) is 33.7 Å². The minimum absolute atomic E-state index is 0.355. The Hall–Kier alpha value is -1.30. The molecule has 6 heteroatoms. The smallest absolute Gasteiger partial charge is 0.329 e. The number of rotatable bonds is 6. The highest BCUT2D eigenvalue weighted by Crippen LogP contribution is 2.24. The van der Waals surface area contributed by atoms with Crippen LogP contribution in [0.15, 0.2) is 0 Å². The third-order valence-electron chi connectivity index (χ3n) is 3.58. The summed E-state index contributed by atoms with van der Waals surface area (Å²) in [6, 6.07) is 0.307. The molecular formula is C12H23N3O3. The fraction of sp³-hybridized carbons (Fsp3) is 0.833. The van der Waals surface area contributed by atoms with Crippen molar-refractivity contribution in [1.82, 2.24) is 15.1 Å². The molecule has 1 saturated carbocycles. The molecule has 0 radical (unpaired) electrons. The Balaban J connectivity index is 2.33. The van der Waals surface area contributed by atoms with E-state index in [0.29, 0.717) is 12.6 Å². The molecule has 0 saturated heterocycles. The lowest BCUT2D eigenvalue weighted by molar-refractivity contribution is -0.146. The molecule has 0 atom stereocenters. The average Bonchev–Trinajstić information content (AvgIpc) is 3.11. The molecule has 1 aliphatic rings. The number of likely N-dealkylation sites (N-methyl/N-ethyl adjacent to an activating group) is 2. The number of carboxylic acid groups (broad SMARTS) is 1. The molecule has 0 bridgehead atoms. The van der Waals surface area contributed by atoms with Crippen molar-refractivity contribution in [2.45, 2.75) is 38.3 Å². The molecule has 0 spiro atoms. The molecule has 2 N–H and O–H groups in total. The molecule has 104 valence electrons. The third-order valence-corrected chi connectivity index (χ3v) is 3.58. The minimum Gasteiger partial charge on any atom is -0.480 e. The number of urea groups is 1. The van der Waals surface area contributed by atoms with E-state index < -0.39 is 11.5 Å². The van der Waals surface area contributed by atoms with Crippen molar-refractivity contribution >= 4 is 12.0 Å². The van der Waals surface area contributed by atoms with Gasteiger partial charge in [0.2, 0.25) is 0 Å². The Labute approximate surface area is 108 Å². The largest absolute Gasteiger partial charge is 0.480 e. The first-order valence-corrected chi connectivity index (χ1v) is 6.22. The summed E-state index contributed by atoms with van der Waals surface area (Å²) in [7, 11) is 3.53. The highest BCUT2D eigenvalue weighted by atomic mass is 16.4. The number of carbonyl (C=O) groups excluding carboxylic acids is 1. The number of carboxylic acids is 1. The van der Waals surface area contributed by atoms with Crippen molar-refractivity contribution in [3.63, 3.8) is 0 Å². The summed E-state index contributed by atoms with van der Waals surface area (Å²) in [5.41, 5.74) is -1.20. The zero-order chi connectivity index (χ0) is 13.9. The summed E-state index contributed by atoms with van der Waals surface area (Å²) in [6.45, 7) is 4.33. The van der Waals surface area contributed by atoms with Gasteiger partial charge in [0.15, 0.2) is 0 Å². The third kappa shape index (κ3) is 3.60. The monoisotopic (exact) mass is 257 g/mol. The van der Waals surface area contributed by atoms with Crippen molar-refractivity contribution in [3.8, 4) is 0 Å². The zero-order valence-electron chi connectivity index (χ0n) is 11.6. The van der Waals surface area contributed by atoms with Crippen LogP contribution >= 0.6 is 0 Å². The highest BCUT2D eigenvalue weighted by molar-refractivity contribution is 5.85. The predicted molar refractivity (Wildman–Crippen MR) is 68.5 cm³/mol. The first kappa shape index (κ1) is 14.8. The predicted octanol–water partition coefficient (Wildman–Crippen LogP) is 0.585. The van der Waals surface area contributed by atoms with E-state index in [-0.39, 0.29) is 6.03 Å². The van der Waals surface area contributed by atoms with Crippen molar-refractivity contribution < 1.29 is 14.7 Å². The van der Waals surface area contributed by atoms with E-state index in [4.69, 9.17) is 5.11 Å². The number of hydrogen-bond acceptors (Lipinski definition) is 3.